The van der Waals surface area contributed by atoms with Crippen LogP contribution in [0.3, 0.4) is 0 Å². The Morgan fingerprint density at radius 1 is 0.320 bits per heavy atom. The van der Waals surface area contributed by atoms with Crippen LogP contribution in [0.2, 0.25) is 0 Å². The first-order valence-corrected chi connectivity index (χ1v) is 16.8. The van der Waals surface area contributed by atoms with Crippen LogP contribution in [0.25, 0.3) is 88.8 Å². The fourth-order valence-electron chi connectivity index (χ4n) is 6.85. The maximum absolute atomic E-state index is 5.22. The van der Waals surface area contributed by atoms with Gasteiger partial charge in [-0.15, -0.1) is 0 Å². The first-order chi connectivity index (χ1) is 24.8. The van der Waals surface area contributed by atoms with E-state index in [0.29, 0.717) is 5.82 Å². The van der Waals surface area contributed by atoms with Gasteiger partial charge in [-0.25, -0.2) is 9.97 Å². The van der Waals surface area contributed by atoms with Crippen LogP contribution in [0.5, 0.6) is 0 Å². The number of rotatable bonds is 6. The Morgan fingerprint density at radius 2 is 0.860 bits per heavy atom. The van der Waals surface area contributed by atoms with Crippen LogP contribution in [0, 0.1) is 0 Å². The summed E-state index contributed by atoms with van der Waals surface area (Å²) in [5.41, 5.74) is 11.6. The zero-order chi connectivity index (χ0) is 33.3. The Hall–Kier alpha value is -6.71. The Bertz CT molecular complexity index is 2560. The molecule has 3 heteroatoms. The smallest absolute Gasteiger partial charge is 0.160 e. The molecule has 234 valence electrons. The van der Waals surface area contributed by atoms with E-state index in [4.69, 9.17) is 9.97 Å². The van der Waals surface area contributed by atoms with E-state index in [1.807, 2.05) is 24.4 Å². The molecule has 0 spiro atoms. The summed E-state index contributed by atoms with van der Waals surface area (Å²) in [7, 11) is 0. The summed E-state index contributed by atoms with van der Waals surface area (Å²) in [6.07, 6.45) is 3.71. The average molecular weight is 638 g/mol. The monoisotopic (exact) mass is 637 g/mol. The second kappa shape index (κ2) is 12.7. The Morgan fingerprint density at radius 3 is 1.52 bits per heavy atom. The lowest BCUT2D eigenvalue weighted by molar-refractivity contribution is 1.18. The molecule has 0 aliphatic carbocycles. The minimum absolute atomic E-state index is 0.686. The van der Waals surface area contributed by atoms with Gasteiger partial charge in [0.15, 0.2) is 5.82 Å². The largest absolute Gasteiger partial charge is 0.264 e. The summed E-state index contributed by atoms with van der Waals surface area (Å²) in [5.74, 6) is 0.686. The number of hydrogen-bond acceptors (Lipinski definition) is 3. The second-order valence-corrected chi connectivity index (χ2v) is 12.5. The molecule has 0 amide bonds. The van der Waals surface area contributed by atoms with E-state index in [2.05, 4.69) is 163 Å². The summed E-state index contributed by atoms with van der Waals surface area (Å²) in [6, 6.07) is 62.0. The van der Waals surface area contributed by atoms with Gasteiger partial charge >= 0.3 is 0 Å². The molecular weight excluding hydrogens is 607 g/mol. The molecule has 0 saturated carbocycles. The standard InChI is InChI=1S/C47H31N3/c1-3-12-34(13-4-1)45-30-46(35-14-5-2-6-15-35)50-47(49-45)40-27-38(33-23-21-32(22-24-33)37-17-11-25-48-31-37)26-39(28-40)44-29-36-16-7-8-18-41(36)42-19-9-10-20-43(42)44/h1-31H. The molecule has 9 rings (SSSR count). The van der Waals surface area contributed by atoms with Crippen LogP contribution in [0.4, 0.5) is 0 Å². The molecule has 9 aromatic rings. The highest BCUT2D eigenvalue weighted by atomic mass is 14.9. The van der Waals surface area contributed by atoms with E-state index in [-0.39, 0.29) is 0 Å². The first kappa shape index (κ1) is 29.4. The van der Waals surface area contributed by atoms with Crippen molar-refractivity contribution in [3.05, 3.63) is 188 Å². The number of benzene rings is 7. The lowest BCUT2D eigenvalue weighted by atomic mass is 9.90. The molecule has 0 radical (unpaired) electrons. The highest BCUT2D eigenvalue weighted by Crippen LogP contribution is 2.39. The Balaban J connectivity index is 1.28. The first-order valence-electron chi connectivity index (χ1n) is 16.8. The summed E-state index contributed by atoms with van der Waals surface area (Å²) < 4.78 is 0. The van der Waals surface area contributed by atoms with Gasteiger partial charge in [0, 0.05) is 29.1 Å². The fraction of sp³-hybridized carbons (Fsp3) is 0. The molecule has 0 unspecified atom stereocenters. The van der Waals surface area contributed by atoms with Gasteiger partial charge in [-0.2, -0.15) is 0 Å². The highest BCUT2D eigenvalue weighted by molar-refractivity contribution is 6.14. The molecule has 2 aromatic heterocycles. The number of aromatic nitrogens is 3. The van der Waals surface area contributed by atoms with Crippen LogP contribution >= 0.6 is 0 Å². The van der Waals surface area contributed by atoms with Crippen molar-refractivity contribution in [2.75, 3.05) is 0 Å². The van der Waals surface area contributed by atoms with Crippen molar-refractivity contribution in [2.45, 2.75) is 0 Å². The van der Waals surface area contributed by atoms with E-state index in [1.54, 1.807) is 6.20 Å². The van der Waals surface area contributed by atoms with E-state index in [0.717, 1.165) is 55.9 Å². The van der Waals surface area contributed by atoms with Gasteiger partial charge in [0.1, 0.15) is 0 Å². The quantitative estimate of drug-likeness (QED) is 0.170. The number of nitrogens with zero attached hydrogens (tertiary/aromatic N) is 3. The van der Waals surface area contributed by atoms with Crippen LogP contribution in [-0.4, -0.2) is 15.0 Å². The molecular formula is C47H31N3. The second-order valence-electron chi connectivity index (χ2n) is 12.5. The van der Waals surface area contributed by atoms with Crippen molar-refractivity contribution in [1.82, 2.24) is 15.0 Å². The molecule has 2 heterocycles. The van der Waals surface area contributed by atoms with E-state index < -0.39 is 0 Å². The van der Waals surface area contributed by atoms with Gasteiger partial charge in [-0.1, -0.05) is 140 Å². The predicted octanol–water partition coefficient (Wildman–Crippen LogP) is 12.2. The van der Waals surface area contributed by atoms with E-state index in [1.165, 1.54) is 27.1 Å². The average Bonchev–Trinajstić information content (AvgIpc) is 3.21. The third kappa shape index (κ3) is 5.61. The van der Waals surface area contributed by atoms with Gasteiger partial charge in [0.05, 0.1) is 11.4 Å². The molecule has 0 saturated heterocycles. The lowest BCUT2D eigenvalue weighted by Crippen LogP contribution is -1.97. The van der Waals surface area contributed by atoms with Gasteiger partial charge in [0.2, 0.25) is 0 Å². The summed E-state index contributed by atoms with van der Waals surface area (Å²) in [6.45, 7) is 0. The molecule has 0 bridgehead atoms. The minimum Gasteiger partial charge on any atom is -0.264 e. The zero-order valence-corrected chi connectivity index (χ0v) is 27.2. The van der Waals surface area contributed by atoms with Crippen LogP contribution in [-0.2, 0) is 0 Å². The molecule has 0 aliphatic rings. The van der Waals surface area contributed by atoms with Gasteiger partial charge < -0.3 is 0 Å². The van der Waals surface area contributed by atoms with E-state index in [9.17, 15) is 0 Å². The van der Waals surface area contributed by atoms with Gasteiger partial charge in [0.25, 0.3) is 0 Å². The Kier molecular flexibility index (Phi) is 7.49. The minimum atomic E-state index is 0.686. The zero-order valence-electron chi connectivity index (χ0n) is 27.2. The van der Waals surface area contributed by atoms with Crippen molar-refractivity contribution < 1.29 is 0 Å². The van der Waals surface area contributed by atoms with E-state index >= 15 is 0 Å². The lowest BCUT2D eigenvalue weighted by Gasteiger charge is -2.15. The SMILES string of the molecule is c1ccc(-c2cc(-c3ccccc3)nc(-c3cc(-c4ccc(-c5cccnc5)cc4)cc(-c4cc5ccccc5c5ccccc45)c3)n2)cc1. The number of fused-ring (bicyclic) bond motifs is 3. The number of hydrogen-bond donors (Lipinski definition) is 0. The van der Waals surface area contributed by atoms with Crippen LogP contribution in [0.15, 0.2) is 188 Å². The normalized spacial score (nSPS) is 11.2. The molecule has 0 aliphatic heterocycles. The summed E-state index contributed by atoms with van der Waals surface area (Å²) in [5, 5.41) is 4.91. The molecule has 3 nitrogen and oxygen atoms in total. The maximum Gasteiger partial charge on any atom is 0.160 e. The molecule has 0 fully saturated rings. The molecule has 0 atom stereocenters. The third-order valence-corrected chi connectivity index (χ3v) is 9.35. The van der Waals surface area contributed by atoms with Crippen LogP contribution < -0.4 is 0 Å². The topological polar surface area (TPSA) is 38.7 Å². The highest BCUT2D eigenvalue weighted by Gasteiger charge is 2.16. The molecule has 50 heavy (non-hydrogen) atoms. The fourth-order valence-corrected chi connectivity index (χ4v) is 6.85. The molecule has 0 N–H and O–H groups in total. The third-order valence-electron chi connectivity index (χ3n) is 9.35. The summed E-state index contributed by atoms with van der Waals surface area (Å²) in [4.78, 5) is 14.8. The van der Waals surface area contributed by atoms with Crippen molar-refractivity contribution in [3.8, 4) is 67.3 Å². The van der Waals surface area contributed by atoms with Crippen molar-refractivity contribution in [3.63, 3.8) is 0 Å². The van der Waals surface area contributed by atoms with Gasteiger partial charge in [-0.3, -0.25) is 4.98 Å². The number of pyridine rings is 1. The maximum atomic E-state index is 5.22. The van der Waals surface area contributed by atoms with Crippen LogP contribution in [0.1, 0.15) is 0 Å². The molecule has 7 aromatic carbocycles. The van der Waals surface area contributed by atoms with Crippen molar-refractivity contribution >= 4 is 21.5 Å². The van der Waals surface area contributed by atoms with Crippen molar-refractivity contribution in [2.24, 2.45) is 0 Å². The van der Waals surface area contributed by atoms with Crippen molar-refractivity contribution in [1.29, 1.82) is 0 Å². The summed E-state index contributed by atoms with van der Waals surface area (Å²) >= 11 is 0. The predicted molar refractivity (Wildman–Crippen MR) is 207 cm³/mol. The van der Waals surface area contributed by atoms with Gasteiger partial charge in [-0.05, 0) is 91.3 Å². The Labute approximate surface area is 291 Å².